The van der Waals surface area contributed by atoms with Crippen LogP contribution in [0.2, 0.25) is 0 Å². The van der Waals surface area contributed by atoms with Crippen molar-refractivity contribution in [2.75, 3.05) is 19.6 Å². The van der Waals surface area contributed by atoms with Crippen LogP contribution in [0.15, 0.2) is 24.3 Å². The van der Waals surface area contributed by atoms with Gasteiger partial charge in [-0.1, -0.05) is 31.4 Å². The fourth-order valence-electron chi connectivity index (χ4n) is 3.81. The molecule has 3 nitrogen and oxygen atoms in total. The van der Waals surface area contributed by atoms with Crippen LogP contribution in [0.1, 0.15) is 50.5 Å². The van der Waals surface area contributed by atoms with Crippen LogP contribution < -0.4 is 0 Å². The quantitative estimate of drug-likeness (QED) is 0.901. The Morgan fingerprint density at radius 1 is 1.09 bits per heavy atom. The number of hydrogen-bond donors (Lipinski definition) is 1. The number of ether oxygens (including phenoxy) is 1. The lowest BCUT2D eigenvalue weighted by molar-refractivity contribution is -0.0509. The molecule has 128 valence electrons. The van der Waals surface area contributed by atoms with Crippen molar-refractivity contribution in [1.82, 2.24) is 4.90 Å². The first-order chi connectivity index (χ1) is 11.1. The summed E-state index contributed by atoms with van der Waals surface area (Å²) in [5, 5.41) is 10.7. The number of piperidine rings is 1. The smallest absolute Gasteiger partial charge is 0.123 e. The molecule has 0 bridgehead atoms. The highest BCUT2D eigenvalue weighted by Gasteiger charge is 2.32. The molecular formula is C19H28FNO2. The fourth-order valence-corrected chi connectivity index (χ4v) is 3.81. The minimum Gasteiger partial charge on any atom is -0.389 e. The summed E-state index contributed by atoms with van der Waals surface area (Å²) in [4.78, 5) is 2.39. The molecule has 0 radical (unpaired) electrons. The molecule has 1 aliphatic heterocycles. The lowest BCUT2D eigenvalue weighted by Crippen LogP contribution is -2.48. The number of rotatable bonds is 5. The largest absolute Gasteiger partial charge is 0.389 e. The number of aliphatic hydroxyl groups is 1. The van der Waals surface area contributed by atoms with Gasteiger partial charge in [0.15, 0.2) is 0 Å². The van der Waals surface area contributed by atoms with Gasteiger partial charge in [-0.15, -0.1) is 0 Å². The van der Waals surface area contributed by atoms with Crippen molar-refractivity contribution in [3.05, 3.63) is 35.6 Å². The molecule has 2 fully saturated rings. The van der Waals surface area contributed by atoms with Crippen LogP contribution in [0.3, 0.4) is 0 Å². The first-order valence-corrected chi connectivity index (χ1v) is 8.94. The van der Waals surface area contributed by atoms with Crippen LogP contribution in [0, 0.1) is 5.82 Å². The van der Waals surface area contributed by atoms with E-state index < -0.39 is 5.60 Å². The second kappa shape index (κ2) is 7.73. The molecule has 0 amide bonds. The summed E-state index contributed by atoms with van der Waals surface area (Å²) >= 11 is 0. The highest BCUT2D eigenvalue weighted by atomic mass is 19.1. The molecule has 4 heteroatoms. The van der Waals surface area contributed by atoms with Gasteiger partial charge in [-0.25, -0.2) is 4.39 Å². The lowest BCUT2D eigenvalue weighted by Gasteiger charge is -2.40. The molecule has 1 saturated carbocycles. The molecule has 2 aliphatic rings. The van der Waals surface area contributed by atoms with Gasteiger partial charge in [0.1, 0.15) is 5.82 Å². The van der Waals surface area contributed by atoms with Crippen LogP contribution in [0.5, 0.6) is 0 Å². The first-order valence-electron chi connectivity index (χ1n) is 8.94. The second-order valence-corrected chi connectivity index (χ2v) is 7.20. The van der Waals surface area contributed by atoms with Crippen molar-refractivity contribution < 1.29 is 14.2 Å². The predicted molar refractivity (Wildman–Crippen MR) is 88.7 cm³/mol. The van der Waals surface area contributed by atoms with E-state index in [-0.39, 0.29) is 11.9 Å². The van der Waals surface area contributed by atoms with Gasteiger partial charge in [0, 0.05) is 19.6 Å². The summed E-state index contributed by atoms with van der Waals surface area (Å²) in [6.45, 7) is 3.36. The third-order valence-corrected chi connectivity index (χ3v) is 5.24. The Morgan fingerprint density at radius 2 is 1.74 bits per heavy atom. The molecule has 1 aromatic rings. The van der Waals surface area contributed by atoms with E-state index in [1.807, 2.05) is 0 Å². The highest BCUT2D eigenvalue weighted by molar-refractivity contribution is 5.15. The molecule has 0 atom stereocenters. The summed E-state index contributed by atoms with van der Waals surface area (Å²) in [7, 11) is 0. The van der Waals surface area contributed by atoms with Crippen LogP contribution in [-0.4, -0.2) is 41.3 Å². The summed E-state index contributed by atoms with van der Waals surface area (Å²) in [5.41, 5.74) is 0.561. The number of nitrogens with zero attached hydrogens (tertiary/aromatic N) is 1. The molecule has 1 heterocycles. The van der Waals surface area contributed by atoms with Gasteiger partial charge in [-0.05, 0) is 43.4 Å². The Balaban J connectivity index is 1.39. The van der Waals surface area contributed by atoms with Crippen molar-refractivity contribution >= 4 is 0 Å². The second-order valence-electron chi connectivity index (χ2n) is 7.20. The van der Waals surface area contributed by atoms with Gasteiger partial charge < -0.3 is 14.7 Å². The van der Waals surface area contributed by atoms with Crippen molar-refractivity contribution in [2.45, 2.75) is 63.3 Å². The molecule has 1 aromatic carbocycles. The van der Waals surface area contributed by atoms with E-state index >= 15 is 0 Å². The minimum absolute atomic E-state index is 0.206. The summed E-state index contributed by atoms with van der Waals surface area (Å²) in [6, 6.07) is 6.52. The molecule has 3 rings (SSSR count). The van der Waals surface area contributed by atoms with Gasteiger partial charge >= 0.3 is 0 Å². The molecule has 0 aromatic heterocycles. The fraction of sp³-hybridized carbons (Fsp3) is 0.684. The van der Waals surface area contributed by atoms with Gasteiger partial charge in [-0.3, -0.25) is 0 Å². The average molecular weight is 321 g/mol. The topological polar surface area (TPSA) is 32.7 Å². The van der Waals surface area contributed by atoms with E-state index in [9.17, 15) is 9.50 Å². The van der Waals surface area contributed by atoms with E-state index in [2.05, 4.69) is 4.90 Å². The zero-order valence-corrected chi connectivity index (χ0v) is 13.8. The number of benzene rings is 1. The Morgan fingerprint density at radius 3 is 2.39 bits per heavy atom. The Kier molecular flexibility index (Phi) is 5.67. The summed E-state index contributed by atoms with van der Waals surface area (Å²) < 4.78 is 18.8. The average Bonchev–Trinajstić information content (AvgIpc) is 2.56. The Labute approximate surface area is 138 Å². The van der Waals surface area contributed by atoms with Gasteiger partial charge in [0.2, 0.25) is 0 Å². The monoisotopic (exact) mass is 321 g/mol. The Hall–Kier alpha value is -0.970. The molecule has 1 aliphatic carbocycles. The van der Waals surface area contributed by atoms with Gasteiger partial charge in [0.25, 0.3) is 0 Å². The van der Waals surface area contributed by atoms with E-state index in [1.165, 1.54) is 18.6 Å². The molecular weight excluding hydrogens is 293 g/mol. The summed E-state index contributed by atoms with van der Waals surface area (Å²) in [6.07, 6.45) is 7.79. The van der Waals surface area contributed by atoms with Crippen LogP contribution in [-0.2, 0) is 11.3 Å². The van der Waals surface area contributed by atoms with E-state index in [4.69, 9.17) is 4.74 Å². The maximum atomic E-state index is 12.9. The maximum absolute atomic E-state index is 12.9. The number of hydrogen-bond acceptors (Lipinski definition) is 3. The minimum atomic E-state index is -0.458. The van der Waals surface area contributed by atoms with Crippen LogP contribution in [0.25, 0.3) is 0 Å². The number of halogens is 1. The number of β-amino-alcohol motifs (C(OH)–C–C–N with tert-alkyl or cyclic N) is 1. The van der Waals surface area contributed by atoms with Crippen LogP contribution >= 0.6 is 0 Å². The lowest BCUT2D eigenvalue weighted by atomic mass is 9.84. The third-order valence-electron chi connectivity index (χ3n) is 5.24. The molecule has 0 spiro atoms. The van der Waals surface area contributed by atoms with Gasteiger partial charge in [-0.2, -0.15) is 0 Å². The van der Waals surface area contributed by atoms with Crippen LogP contribution in [0.4, 0.5) is 4.39 Å². The normalized spacial score (nSPS) is 23.0. The van der Waals surface area contributed by atoms with E-state index in [0.717, 1.165) is 63.7 Å². The summed E-state index contributed by atoms with van der Waals surface area (Å²) in [5.74, 6) is -0.206. The van der Waals surface area contributed by atoms with E-state index in [1.54, 1.807) is 12.1 Å². The maximum Gasteiger partial charge on any atom is 0.123 e. The van der Waals surface area contributed by atoms with Crippen molar-refractivity contribution in [3.8, 4) is 0 Å². The standard InChI is InChI=1S/C19H28FNO2/c20-17-6-4-16(5-7-17)14-23-18-8-12-21(13-9-18)15-19(22)10-2-1-3-11-19/h4-7,18,22H,1-3,8-15H2. The van der Waals surface area contributed by atoms with Gasteiger partial charge in [0.05, 0.1) is 18.3 Å². The molecule has 1 saturated heterocycles. The number of likely N-dealkylation sites (tertiary alicyclic amines) is 1. The SMILES string of the molecule is OC1(CN2CCC(OCc3ccc(F)cc3)CC2)CCCCC1. The zero-order valence-electron chi connectivity index (χ0n) is 13.8. The van der Waals surface area contributed by atoms with Crippen molar-refractivity contribution in [1.29, 1.82) is 0 Å². The van der Waals surface area contributed by atoms with Crippen molar-refractivity contribution in [2.24, 2.45) is 0 Å². The Bertz CT molecular complexity index is 477. The third kappa shape index (κ3) is 5.00. The molecule has 0 unspecified atom stereocenters. The van der Waals surface area contributed by atoms with Crippen molar-refractivity contribution in [3.63, 3.8) is 0 Å². The zero-order chi connectivity index (χ0) is 16.1. The molecule has 1 N–H and O–H groups in total. The van der Waals surface area contributed by atoms with E-state index in [0.29, 0.717) is 6.61 Å². The predicted octanol–water partition coefficient (Wildman–Crippen LogP) is 3.50. The first kappa shape index (κ1) is 16.9. The molecule has 23 heavy (non-hydrogen) atoms. The highest BCUT2D eigenvalue weighted by Crippen LogP contribution is 2.29.